The molecular weight excluding hydrogens is 234 g/mol. The molecule has 0 spiro atoms. The van der Waals surface area contributed by atoms with Crippen LogP contribution in [0.5, 0.6) is 0 Å². The van der Waals surface area contributed by atoms with Gasteiger partial charge >= 0.3 is 0 Å². The molecule has 2 bridgehead atoms. The summed E-state index contributed by atoms with van der Waals surface area (Å²) in [6.07, 6.45) is 11.9. The van der Waals surface area contributed by atoms with E-state index >= 15 is 0 Å². The van der Waals surface area contributed by atoms with Crippen molar-refractivity contribution in [3.63, 3.8) is 0 Å². The summed E-state index contributed by atoms with van der Waals surface area (Å²) in [6.45, 7) is 8.01. The van der Waals surface area contributed by atoms with Crippen LogP contribution in [0.25, 0.3) is 0 Å². The van der Waals surface area contributed by atoms with Crippen LogP contribution < -0.4 is 5.32 Å². The van der Waals surface area contributed by atoms with Gasteiger partial charge in [0.1, 0.15) is 0 Å². The molecule has 0 aromatic rings. The van der Waals surface area contributed by atoms with E-state index in [4.69, 9.17) is 4.74 Å². The predicted octanol–water partition coefficient (Wildman–Crippen LogP) is 4.14. The molecule has 2 saturated heterocycles. The molecule has 0 aromatic carbocycles. The van der Waals surface area contributed by atoms with E-state index in [0.29, 0.717) is 18.2 Å². The maximum Gasteiger partial charge on any atom is 0.0623 e. The van der Waals surface area contributed by atoms with E-state index in [0.717, 1.165) is 18.4 Å². The van der Waals surface area contributed by atoms with Crippen molar-refractivity contribution in [3.05, 3.63) is 0 Å². The number of rotatable bonds is 9. The molecule has 2 heteroatoms. The van der Waals surface area contributed by atoms with Gasteiger partial charge in [-0.2, -0.15) is 0 Å². The van der Waals surface area contributed by atoms with Crippen LogP contribution in [0.15, 0.2) is 0 Å². The Balaban J connectivity index is 1.87. The molecule has 0 radical (unpaired) electrons. The molecular formula is C17H33NO. The highest BCUT2D eigenvalue weighted by molar-refractivity contribution is 4.95. The van der Waals surface area contributed by atoms with Gasteiger partial charge in [0.05, 0.1) is 12.2 Å². The maximum absolute atomic E-state index is 6.07. The number of fused-ring (bicyclic) bond motifs is 2. The Bertz CT molecular complexity index is 256. The van der Waals surface area contributed by atoms with Crippen LogP contribution in [-0.4, -0.2) is 24.8 Å². The molecule has 112 valence electrons. The van der Waals surface area contributed by atoms with E-state index in [1.165, 1.54) is 51.4 Å². The Kier molecular flexibility index (Phi) is 6.15. The van der Waals surface area contributed by atoms with Crippen LogP contribution in [0, 0.1) is 11.8 Å². The van der Waals surface area contributed by atoms with Crippen LogP contribution in [-0.2, 0) is 4.74 Å². The van der Waals surface area contributed by atoms with Crippen LogP contribution >= 0.6 is 0 Å². The fraction of sp³-hybridized carbons (Fsp3) is 1.00. The first-order chi connectivity index (χ1) is 9.28. The average molecular weight is 267 g/mol. The predicted molar refractivity (Wildman–Crippen MR) is 81.4 cm³/mol. The van der Waals surface area contributed by atoms with E-state index in [1.54, 1.807) is 0 Å². The Morgan fingerprint density at radius 3 is 2.58 bits per heavy atom. The third-order valence-electron chi connectivity index (χ3n) is 5.27. The van der Waals surface area contributed by atoms with E-state index < -0.39 is 0 Å². The average Bonchev–Trinajstić information content (AvgIpc) is 3.04. The first kappa shape index (κ1) is 15.3. The minimum absolute atomic E-state index is 0.567. The van der Waals surface area contributed by atoms with E-state index in [9.17, 15) is 0 Å². The van der Waals surface area contributed by atoms with Crippen LogP contribution in [0.3, 0.4) is 0 Å². The maximum atomic E-state index is 6.07. The molecule has 2 nitrogen and oxygen atoms in total. The second kappa shape index (κ2) is 7.64. The van der Waals surface area contributed by atoms with Gasteiger partial charge in [0.15, 0.2) is 0 Å². The Morgan fingerprint density at radius 2 is 2.05 bits per heavy atom. The minimum atomic E-state index is 0.567. The summed E-state index contributed by atoms with van der Waals surface area (Å²) in [4.78, 5) is 0. The highest BCUT2D eigenvalue weighted by Crippen LogP contribution is 2.42. The lowest BCUT2D eigenvalue weighted by molar-refractivity contribution is 0.0831. The van der Waals surface area contributed by atoms with Gasteiger partial charge in [-0.15, -0.1) is 0 Å². The molecule has 0 aliphatic carbocycles. The summed E-state index contributed by atoms with van der Waals surface area (Å²) >= 11 is 0. The third-order valence-corrected chi connectivity index (χ3v) is 5.27. The lowest BCUT2D eigenvalue weighted by Gasteiger charge is -2.32. The smallest absolute Gasteiger partial charge is 0.0623 e. The summed E-state index contributed by atoms with van der Waals surface area (Å²) in [6, 6.07) is 0.696. The minimum Gasteiger partial charge on any atom is -0.375 e. The monoisotopic (exact) mass is 267 g/mol. The summed E-state index contributed by atoms with van der Waals surface area (Å²) < 4.78 is 6.07. The van der Waals surface area contributed by atoms with Crippen molar-refractivity contribution in [1.29, 1.82) is 0 Å². The molecule has 0 amide bonds. The van der Waals surface area contributed by atoms with Crippen molar-refractivity contribution in [2.45, 2.75) is 90.4 Å². The van der Waals surface area contributed by atoms with Gasteiger partial charge in [-0.05, 0) is 38.1 Å². The van der Waals surface area contributed by atoms with Crippen molar-refractivity contribution in [2.75, 3.05) is 6.54 Å². The first-order valence-corrected chi connectivity index (χ1v) is 8.67. The number of nitrogens with one attached hydrogen (secondary N) is 1. The molecule has 2 fully saturated rings. The van der Waals surface area contributed by atoms with Gasteiger partial charge < -0.3 is 10.1 Å². The highest BCUT2D eigenvalue weighted by atomic mass is 16.5. The number of unbranched alkanes of at least 4 members (excludes halogenated alkanes) is 1. The Morgan fingerprint density at radius 1 is 1.21 bits per heavy atom. The molecule has 0 saturated carbocycles. The lowest BCUT2D eigenvalue weighted by Crippen LogP contribution is -2.42. The zero-order valence-corrected chi connectivity index (χ0v) is 13.2. The van der Waals surface area contributed by atoms with Crippen molar-refractivity contribution < 1.29 is 4.74 Å². The van der Waals surface area contributed by atoms with E-state index in [1.807, 2.05) is 0 Å². The largest absolute Gasteiger partial charge is 0.375 e. The number of hydrogen-bond acceptors (Lipinski definition) is 2. The molecule has 2 heterocycles. The van der Waals surface area contributed by atoms with Gasteiger partial charge in [-0.1, -0.05) is 46.5 Å². The van der Waals surface area contributed by atoms with Gasteiger partial charge in [0, 0.05) is 12.0 Å². The van der Waals surface area contributed by atoms with Crippen LogP contribution in [0.1, 0.15) is 72.1 Å². The molecule has 5 atom stereocenters. The van der Waals surface area contributed by atoms with Crippen molar-refractivity contribution in [3.8, 4) is 0 Å². The van der Waals surface area contributed by atoms with Crippen molar-refractivity contribution in [1.82, 2.24) is 5.32 Å². The fourth-order valence-corrected chi connectivity index (χ4v) is 4.11. The number of ether oxygens (including phenoxy) is 1. The van der Waals surface area contributed by atoms with Crippen LogP contribution in [0.4, 0.5) is 0 Å². The fourth-order valence-electron chi connectivity index (χ4n) is 4.11. The second-order valence-corrected chi connectivity index (χ2v) is 6.59. The second-order valence-electron chi connectivity index (χ2n) is 6.59. The summed E-state index contributed by atoms with van der Waals surface area (Å²) in [5, 5.41) is 3.77. The van der Waals surface area contributed by atoms with E-state index in [2.05, 4.69) is 26.1 Å². The summed E-state index contributed by atoms with van der Waals surface area (Å²) in [7, 11) is 0. The van der Waals surface area contributed by atoms with Gasteiger partial charge in [0.2, 0.25) is 0 Å². The highest BCUT2D eigenvalue weighted by Gasteiger charge is 2.44. The molecule has 5 unspecified atom stereocenters. The normalized spacial score (nSPS) is 32.7. The summed E-state index contributed by atoms with van der Waals surface area (Å²) in [5.41, 5.74) is 0. The quantitative estimate of drug-likeness (QED) is 0.678. The van der Waals surface area contributed by atoms with Gasteiger partial charge in [-0.25, -0.2) is 0 Å². The molecule has 2 aliphatic heterocycles. The third kappa shape index (κ3) is 3.95. The van der Waals surface area contributed by atoms with Gasteiger partial charge in [0.25, 0.3) is 0 Å². The lowest BCUT2D eigenvalue weighted by atomic mass is 9.79. The SMILES string of the molecule is CCCCC(CC)CC(NCC)C1CC2CCC1O2. The standard InChI is InChI=1S/C17H33NO/c1-4-7-8-13(5-2)11-16(18-6-3)15-12-14-9-10-17(15)19-14/h13-18H,4-12H2,1-3H3. The molecule has 2 aliphatic rings. The van der Waals surface area contributed by atoms with Crippen molar-refractivity contribution >= 4 is 0 Å². The first-order valence-electron chi connectivity index (χ1n) is 8.67. The Hall–Kier alpha value is -0.0800. The van der Waals surface area contributed by atoms with E-state index in [-0.39, 0.29) is 0 Å². The molecule has 1 N–H and O–H groups in total. The molecule has 0 aromatic heterocycles. The molecule has 2 rings (SSSR count). The number of hydrogen-bond donors (Lipinski definition) is 1. The topological polar surface area (TPSA) is 21.3 Å². The van der Waals surface area contributed by atoms with Gasteiger partial charge in [-0.3, -0.25) is 0 Å². The van der Waals surface area contributed by atoms with Crippen molar-refractivity contribution in [2.24, 2.45) is 11.8 Å². The Labute approximate surface area is 119 Å². The molecule has 19 heavy (non-hydrogen) atoms. The summed E-state index contributed by atoms with van der Waals surface area (Å²) in [5.74, 6) is 1.69. The zero-order chi connectivity index (χ0) is 13.7. The van der Waals surface area contributed by atoms with Crippen LogP contribution in [0.2, 0.25) is 0 Å². The zero-order valence-electron chi connectivity index (χ0n) is 13.2.